The van der Waals surface area contributed by atoms with E-state index < -0.39 is 58.6 Å². The predicted molar refractivity (Wildman–Crippen MR) is 485 cm³/mol. The molecule has 24 heteroatoms. The lowest BCUT2D eigenvalue weighted by Crippen LogP contribution is -2.22. The summed E-state index contributed by atoms with van der Waals surface area (Å²) in [7, 11) is 0. The van der Waals surface area contributed by atoms with Crippen molar-refractivity contribution in [3.63, 3.8) is 0 Å². The van der Waals surface area contributed by atoms with Gasteiger partial charge in [-0.3, -0.25) is 19.2 Å². The molecule has 0 bridgehead atoms. The number of halogens is 8. The van der Waals surface area contributed by atoms with Crippen molar-refractivity contribution in [1.82, 2.24) is 39.9 Å². The van der Waals surface area contributed by atoms with Crippen LogP contribution in [0.1, 0.15) is 198 Å². The van der Waals surface area contributed by atoms with Crippen molar-refractivity contribution < 1.29 is 49.9 Å². The number of nitrogens with one attached hydrogen (secondary N) is 4. The molecule has 0 aliphatic heterocycles. The van der Waals surface area contributed by atoms with Crippen LogP contribution in [-0.2, 0) is 111 Å². The quantitative estimate of drug-likeness (QED) is 0.0257. The summed E-state index contributed by atoms with van der Waals surface area (Å²) in [6.07, 6.45) is 28.2. The maximum absolute atomic E-state index is 14.1. The van der Waals surface area contributed by atoms with Crippen LogP contribution >= 0.6 is 22.6 Å². The van der Waals surface area contributed by atoms with Gasteiger partial charge in [0.15, 0.2) is 58.2 Å². The molecule has 0 atom stereocenters. The van der Waals surface area contributed by atoms with E-state index in [1.54, 1.807) is 0 Å². The molecule has 4 N–H and O–H groups in total. The van der Waals surface area contributed by atoms with E-state index in [4.69, 9.17) is 34.9 Å². The topological polar surface area (TPSA) is 220 Å². The average Bonchev–Trinajstić information content (AvgIpc) is 1.46. The first-order valence-electron chi connectivity index (χ1n) is 44.7. The summed E-state index contributed by atoms with van der Waals surface area (Å²) >= 11 is 2.28. The number of benzene rings is 8. The van der Waals surface area contributed by atoms with Crippen LogP contribution in [0.3, 0.4) is 0 Å². The van der Waals surface area contributed by atoms with E-state index in [-0.39, 0.29) is 30.0 Å². The number of carbonyl (C=O) groups is 4. The molecule has 20 rings (SSSR count). The molecule has 16 nitrogen and oxygen atoms in total. The van der Waals surface area contributed by atoms with Crippen molar-refractivity contribution in [3.05, 3.63) is 304 Å². The van der Waals surface area contributed by atoms with E-state index in [0.29, 0.717) is 82.9 Å². The van der Waals surface area contributed by atoms with Crippen LogP contribution in [0.2, 0.25) is 0 Å². The van der Waals surface area contributed by atoms with Crippen molar-refractivity contribution in [2.45, 2.75) is 199 Å². The normalized spacial score (nSPS) is 15.3. The monoisotopic (exact) mass is 1830 g/mol. The molecule has 650 valence electrons. The molecule has 4 amide bonds. The Balaban J connectivity index is 0.000000119. The zero-order chi connectivity index (χ0) is 87.6. The Kier molecular flexibility index (Phi) is 27.5. The lowest BCUT2D eigenvalue weighted by Gasteiger charge is -2.22. The van der Waals surface area contributed by atoms with Gasteiger partial charge in [0.05, 0.1) is 87.6 Å². The highest BCUT2D eigenvalue weighted by Crippen LogP contribution is 2.42. The van der Waals surface area contributed by atoms with E-state index >= 15 is 0 Å². The van der Waals surface area contributed by atoms with E-state index in [1.165, 1.54) is 102 Å². The van der Waals surface area contributed by atoms with Crippen LogP contribution in [0.15, 0.2) is 170 Å². The lowest BCUT2D eigenvalue weighted by molar-refractivity contribution is -0.116. The third kappa shape index (κ3) is 20.8. The standard InChI is InChI=1S/C26H22F5N3O.C26H25F2N3O.C26H26IN3O.C25H25N3O/c27-20-16(21(28)23(30)24(31)22(20)29)12-19(35)34-26-18(11-13-5-1-2-6-13)32-25-15-8-4-3-7-14(15)9-10-17(25)33-26;27-20-11-9-17(13-21(20)28)15-24(32)31-26-23(14-16-5-1-2-6-16)29-25-19-8-4-3-7-18(19)10-12-22(25)30-26;27-20-12-9-18(10-13-20)16-24(31)30-26-23(15-17-5-1-2-6-17)28-25-21-8-4-3-7-19(21)11-14-22(25)29-26;29-25(19-11-2-1-3-12-19)28-24-22(16-17-8-4-5-9-17)26-23-20-13-7-6-10-18(20)14-15-21(23)27-24/h3-4,7-8,13H,1-2,5-6,9-12H2,(H,33,34,35);3-4,7-9,11,13,16H,1-2,5-6,10,12,14-15H2,(H,30,31,32);3-4,7-10,12-13,17H,1-2,5-6,11,14-16H2,(H,29,30,31);1-3,6-7,10-13,17H,4-5,8-9,14-16H2,(H,27,28,29). The first-order chi connectivity index (χ1) is 61.8. The number of aromatic nitrogens is 8. The predicted octanol–water partition coefficient (Wildman–Crippen LogP) is 22.3. The highest BCUT2D eigenvalue weighted by molar-refractivity contribution is 14.1. The zero-order valence-corrected chi connectivity index (χ0v) is 72.8. The molecule has 4 fully saturated rings. The molecule has 0 spiro atoms. The van der Waals surface area contributed by atoms with Crippen LogP contribution in [0, 0.1) is 68.0 Å². The Morgan fingerprint density at radius 2 is 0.606 bits per heavy atom. The molecule has 0 radical (unpaired) electrons. The second kappa shape index (κ2) is 40.0. The minimum atomic E-state index is -2.26. The number of nitrogens with zero attached hydrogens (tertiary/aromatic N) is 8. The number of anilines is 4. The van der Waals surface area contributed by atoms with Crippen molar-refractivity contribution in [2.75, 3.05) is 21.3 Å². The average molecular weight is 1830 g/mol. The van der Waals surface area contributed by atoms with E-state index in [0.717, 1.165) is 194 Å². The summed E-state index contributed by atoms with van der Waals surface area (Å²) in [6.45, 7) is 0. The molecule has 8 aliphatic carbocycles. The fourth-order valence-electron chi connectivity index (χ4n) is 19.3. The van der Waals surface area contributed by atoms with Crippen LogP contribution in [0.5, 0.6) is 0 Å². The molecule has 12 aromatic rings. The third-order valence-electron chi connectivity index (χ3n) is 25.9. The van der Waals surface area contributed by atoms with Crippen molar-refractivity contribution >= 4 is 69.5 Å². The molecular weight excluding hydrogens is 1730 g/mol. The maximum atomic E-state index is 14.1. The number of amides is 4. The largest absolute Gasteiger partial charge is 0.309 e. The third-order valence-corrected chi connectivity index (χ3v) is 26.6. The molecule has 4 saturated carbocycles. The number of hydrogen-bond acceptors (Lipinski definition) is 12. The summed E-state index contributed by atoms with van der Waals surface area (Å²) in [4.78, 5) is 90.5. The molecule has 4 aromatic heterocycles. The van der Waals surface area contributed by atoms with Crippen LogP contribution < -0.4 is 21.3 Å². The molecule has 4 heterocycles. The number of rotatable bonds is 19. The van der Waals surface area contributed by atoms with Gasteiger partial charge >= 0.3 is 0 Å². The number of aryl methyl sites for hydroxylation is 8. The first-order valence-corrected chi connectivity index (χ1v) is 45.8. The van der Waals surface area contributed by atoms with Crippen molar-refractivity contribution in [2.24, 2.45) is 23.7 Å². The molecular formula is C103H98F7IN12O4. The smallest absolute Gasteiger partial charge is 0.256 e. The molecule has 0 saturated heterocycles. The second-order valence-corrected chi connectivity index (χ2v) is 36.0. The van der Waals surface area contributed by atoms with Crippen LogP contribution in [0.4, 0.5) is 54.0 Å². The van der Waals surface area contributed by atoms with Gasteiger partial charge in [-0.05, 0) is 193 Å². The Labute approximate surface area is 747 Å². The number of hydrogen-bond donors (Lipinski definition) is 4. The van der Waals surface area contributed by atoms with Gasteiger partial charge in [0.25, 0.3) is 5.91 Å². The summed E-state index contributed by atoms with van der Waals surface area (Å²) in [5.41, 5.74) is 20.9. The number of carbonyl (C=O) groups excluding carboxylic acids is 4. The van der Waals surface area contributed by atoms with Gasteiger partial charge in [0, 0.05) is 37.0 Å². The lowest BCUT2D eigenvalue weighted by atomic mass is 9.91. The van der Waals surface area contributed by atoms with Crippen molar-refractivity contribution in [3.8, 4) is 45.0 Å². The maximum Gasteiger partial charge on any atom is 0.256 e. The molecule has 127 heavy (non-hydrogen) atoms. The minimum absolute atomic E-state index is 0.0284. The Morgan fingerprint density at radius 1 is 0.307 bits per heavy atom. The highest BCUT2D eigenvalue weighted by Gasteiger charge is 2.33. The van der Waals surface area contributed by atoms with Gasteiger partial charge in [-0.1, -0.05) is 236 Å². The fraction of sp³-hybridized carbons (Fsp3) is 0.340. The molecule has 8 aromatic carbocycles. The van der Waals surface area contributed by atoms with Gasteiger partial charge in [-0.2, -0.15) is 0 Å². The summed E-state index contributed by atoms with van der Waals surface area (Å²) in [5, 5.41) is 11.6. The van der Waals surface area contributed by atoms with Crippen LogP contribution in [-0.4, -0.2) is 63.5 Å². The SMILES string of the molecule is O=C(Cc1c(F)c(F)c(F)c(F)c1F)Nc1nc2c(nc1CC1CCCC1)-c1ccccc1CC2.O=C(Cc1ccc(F)c(F)c1)Nc1nc2c(nc1CC1CCCC1)-c1ccccc1CC2.O=C(Cc1ccc(I)cc1)Nc1nc2c(nc1CC1CCCC1)-c1ccccc1CC2.O=C(Nc1nc2c(nc1CC1CCCC1)-c1ccccc1CC2)c1ccccc1. The van der Waals surface area contributed by atoms with Gasteiger partial charge in [0.2, 0.25) is 23.5 Å². The molecule has 0 unspecified atom stereocenters. The highest BCUT2D eigenvalue weighted by atomic mass is 127. The van der Waals surface area contributed by atoms with Gasteiger partial charge < -0.3 is 21.3 Å². The summed E-state index contributed by atoms with van der Waals surface area (Å²) in [6, 6.07) is 54.1. The fourth-order valence-corrected chi connectivity index (χ4v) is 19.6. The van der Waals surface area contributed by atoms with E-state index in [9.17, 15) is 49.9 Å². The van der Waals surface area contributed by atoms with Gasteiger partial charge in [-0.15, -0.1) is 0 Å². The first kappa shape index (κ1) is 87.3. The Bertz CT molecular complexity index is 6090. The Morgan fingerprint density at radius 3 is 0.953 bits per heavy atom. The van der Waals surface area contributed by atoms with E-state index in [1.807, 2.05) is 91.0 Å². The summed E-state index contributed by atoms with van der Waals surface area (Å²) in [5.74, 6) is -9.57. The Hall–Kier alpha value is -11.8. The van der Waals surface area contributed by atoms with Gasteiger partial charge in [0.1, 0.15) is 0 Å². The van der Waals surface area contributed by atoms with E-state index in [2.05, 4.69) is 110 Å². The second-order valence-electron chi connectivity index (χ2n) is 34.7. The molecule has 8 aliphatic rings. The summed E-state index contributed by atoms with van der Waals surface area (Å²) < 4.78 is 96.6. The number of fused-ring (bicyclic) bond motifs is 12. The zero-order valence-electron chi connectivity index (χ0n) is 70.6. The van der Waals surface area contributed by atoms with Crippen molar-refractivity contribution in [1.29, 1.82) is 0 Å². The van der Waals surface area contributed by atoms with Gasteiger partial charge in [-0.25, -0.2) is 70.6 Å². The van der Waals surface area contributed by atoms with Crippen LogP contribution in [0.25, 0.3) is 45.0 Å². The minimum Gasteiger partial charge on any atom is -0.309 e.